The van der Waals surface area contributed by atoms with Gasteiger partial charge in [0.25, 0.3) is 0 Å². The van der Waals surface area contributed by atoms with Gasteiger partial charge in [-0.25, -0.2) is 0 Å². The molecule has 0 aromatic heterocycles. The quantitative estimate of drug-likeness (QED) is 0.764. The largest absolute Gasteiger partial charge is 0.493 e. The van der Waals surface area contributed by atoms with Crippen LogP contribution in [0.2, 0.25) is 0 Å². The molecule has 2 rings (SSSR count). The van der Waals surface area contributed by atoms with Gasteiger partial charge in [0.2, 0.25) is 5.91 Å². The molecular formula is C17H26N2O5. The van der Waals surface area contributed by atoms with Crippen molar-refractivity contribution in [2.75, 3.05) is 59.1 Å². The SMILES string of the molecule is COCCN(C(=O)CC1COCCN1)c1ccc(OC)c(OC)c1. The summed E-state index contributed by atoms with van der Waals surface area (Å²) < 4.78 is 21.2. The molecule has 0 bridgehead atoms. The first-order valence-electron chi connectivity index (χ1n) is 8.02. The van der Waals surface area contributed by atoms with E-state index in [1.807, 2.05) is 6.07 Å². The molecule has 1 aliphatic rings. The van der Waals surface area contributed by atoms with Gasteiger partial charge < -0.3 is 29.2 Å². The number of carbonyl (C=O) groups is 1. The number of anilines is 1. The van der Waals surface area contributed by atoms with Crippen LogP contribution in [0.15, 0.2) is 18.2 Å². The second-order valence-corrected chi connectivity index (χ2v) is 5.51. The van der Waals surface area contributed by atoms with E-state index >= 15 is 0 Å². The van der Waals surface area contributed by atoms with Crippen molar-refractivity contribution in [2.24, 2.45) is 0 Å². The molecule has 0 spiro atoms. The predicted octanol–water partition coefficient (Wildman–Crippen LogP) is 1.06. The summed E-state index contributed by atoms with van der Waals surface area (Å²) in [7, 11) is 4.78. The van der Waals surface area contributed by atoms with Crippen LogP contribution in [0.1, 0.15) is 6.42 Å². The number of ether oxygens (including phenoxy) is 4. The molecule has 1 atom stereocenters. The van der Waals surface area contributed by atoms with Crippen LogP contribution in [-0.2, 0) is 14.3 Å². The zero-order valence-corrected chi connectivity index (χ0v) is 14.5. The minimum absolute atomic E-state index is 0.0160. The van der Waals surface area contributed by atoms with Gasteiger partial charge >= 0.3 is 0 Å². The third-order valence-electron chi connectivity index (χ3n) is 3.92. The average molecular weight is 338 g/mol. The molecule has 1 heterocycles. The molecule has 0 aliphatic carbocycles. The minimum Gasteiger partial charge on any atom is -0.493 e. The van der Waals surface area contributed by atoms with Gasteiger partial charge in [0.1, 0.15) is 0 Å². The van der Waals surface area contributed by atoms with E-state index in [1.165, 1.54) is 0 Å². The fraction of sp³-hybridized carbons (Fsp3) is 0.588. The zero-order valence-electron chi connectivity index (χ0n) is 14.5. The Balaban J connectivity index is 2.15. The molecule has 0 radical (unpaired) electrons. The number of nitrogens with one attached hydrogen (secondary N) is 1. The lowest BCUT2D eigenvalue weighted by Crippen LogP contribution is -2.45. The van der Waals surface area contributed by atoms with E-state index in [-0.39, 0.29) is 11.9 Å². The van der Waals surface area contributed by atoms with Crippen molar-refractivity contribution in [1.29, 1.82) is 0 Å². The summed E-state index contributed by atoms with van der Waals surface area (Å²) in [6.45, 7) is 2.93. The fourth-order valence-electron chi connectivity index (χ4n) is 2.64. The second kappa shape index (κ2) is 9.46. The molecule has 0 saturated carbocycles. The van der Waals surface area contributed by atoms with E-state index in [1.54, 1.807) is 38.4 Å². The number of rotatable bonds is 8. The highest BCUT2D eigenvalue weighted by molar-refractivity contribution is 5.94. The van der Waals surface area contributed by atoms with Gasteiger partial charge in [0.05, 0.1) is 34.0 Å². The van der Waals surface area contributed by atoms with Crippen LogP contribution >= 0.6 is 0 Å². The Morgan fingerprint density at radius 1 is 1.29 bits per heavy atom. The molecule has 7 heteroatoms. The Labute approximate surface area is 142 Å². The Hall–Kier alpha value is -1.83. The van der Waals surface area contributed by atoms with E-state index in [9.17, 15) is 4.79 Å². The highest BCUT2D eigenvalue weighted by Gasteiger charge is 2.23. The van der Waals surface area contributed by atoms with E-state index in [0.29, 0.717) is 44.3 Å². The molecule has 1 fully saturated rings. The zero-order chi connectivity index (χ0) is 17.4. The number of methoxy groups -OCH3 is 3. The molecule has 1 aromatic carbocycles. The number of amides is 1. The Kier molecular flexibility index (Phi) is 7.30. The first kappa shape index (κ1) is 18.5. The number of benzene rings is 1. The molecule has 1 saturated heterocycles. The molecule has 1 N–H and O–H groups in total. The van der Waals surface area contributed by atoms with Gasteiger partial charge in [-0.2, -0.15) is 0 Å². The summed E-state index contributed by atoms with van der Waals surface area (Å²) in [5.41, 5.74) is 0.756. The first-order chi connectivity index (χ1) is 11.7. The van der Waals surface area contributed by atoms with E-state index in [2.05, 4.69) is 5.32 Å². The summed E-state index contributed by atoms with van der Waals surface area (Å²) in [5, 5.41) is 3.30. The fourth-order valence-corrected chi connectivity index (χ4v) is 2.64. The summed E-state index contributed by atoms with van der Waals surface area (Å²) in [5.74, 6) is 1.23. The first-order valence-corrected chi connectivity index (χ1v) is 8.02. The lowest BCUT2D eigenvalue weighted by Gasteiger charge is -2.28. The van der Waals surface area contributed by atoms with E-state index < -0.39 is 0 Å². The van der Waals surface area contributed by atoms with Crippen molar-refractivity contribution in [3.63, 3.8) is 0 Å². The van der Waals surface area contributed by atoms with Gasteiger partial charge in [0, 0.05) is 44.4 Å². The van der Waals surface area contributed by atoms with Crippen LogP contribution in [0.4, 0.5) is 5.69 Å². The van der Waals surface area contributed by atoms with Gasteiger partial charge in [-0.15, -0.1) is 0 Å². The molecule has 134 valence electrons. The maximum atomic E-state index is 12.8. The summed E-state index contributed by atoms with van der Waals surface area (Å²) in [6, 6.07) is 5.48. The molecule has 1 aromatic rings. The standard InChI is InChI=1S/C17H26N2O5/c1-21-9-7-19(17(20)10-13-12-24-8-6-18-13)14-4-5-15(22-2)16(11-14)23-3/h4-5,11,13,18H,6-10,12H2,1-3H3. The van der Waals surface area contributed by atoms with Crippen LogP contribution in [0.5, 0.6) is 11.5 Å². The number of hydrogen-bond acceptors (Lipinski definition) is 6. The molecule has 1 unspecified atom stereocenters. The lowest BCUT2D eigenvalue weighted by atomic mass is 10.1. The van der Waals surface area contributed by atoms with Gasteiger partial charge in [-0.1, -0.05) is 0 Å². The number of nitrogens with zero attached hydrogens (tertiary/aromatic N) is 1. The average Bonchev–Trinajstić information content (AvgIpc) is 2.62. The van der Waals surface area contributed by atoms with Crippen molar-refractivity contribution in [3.8, 4) is 11.5 Å². The van der Waals surface area contributed by atoms with E-state index in [4.69, 9.17) is 18.9 Å². The molecule has 1 aliphatic heterocycles. The summed E-state index contributed by atoms with van der Waals surface area (Å²) in [6.07, 6.45) is 0.373. The number of carbonyl (C=O) groups excluding carboxylic acids is 1. The number of morpholine rings is 1. The van der Waals surface area contributed by atoms with Crippen LogP contribution in [0.25, 0.3) is 0 Å². The summed E-state index contributed by atoms with van der Waals surface area (Å²) >= 11 is 0. The molecule has 1 amide bonds. The van der Waals surface area contributed by atoms with Crippen molar-refractivity contribution in [3.05, 3.63) is 18.2 Å². The Bertz CT molecular complexity index is 532. The van der Waals surface area contributed by atoms with Gasteiger partial charge in [-0.05, 0) is 12.1 Å². The van der Waals surface area contributed by atoms with Gasteiger partial charge in [0.15, 0.2) is 11.5 Å². The highest BCUT2D eigenvalue weighted by atomic mass is 16.5. The topological polar surface area (TPSA) is 69.3 Å². The van der Waals surface area contributed by atoms with Crippen molar-refractivity contribution in [1.82, 2.24) is 5.32 Å². The third kappa shape index (κ3) is 4.83. The normalized spacial score (nSPS) is 17.4. The predicted molar refractivity (Wildman–Crippen MR) is 91.0 cm³/mol. The lowest BCUT2D eigenvalue weighted by molar-refractivity contribution is -0.119. The maximum absolute atomic E-state index is 12.8. The van der Waals surface area contributed by atoms with Crippen LogP contribution in [0, 0.1) is 0 Å². The Morgan fingerprint density at radius 3 is 2.71 bits per heavy atom. The van der Waals surface area contributed by atoms with Crippen molar-refractivity contribution in [2.45, 2.75) is 12.5 Å². The smallest absolute Gasteiger partial charge is 0.228 e. The highest BCUT2D eigenvalue weighted by Crippen LogP contribution is 2.31. The molecular weight excluding hydrogens is 312 g/mol. The van der Waals surface area contributed by atoms with E-state index in [0.717, 1.165) is 12.2 Å². The van der Waals surface area contributed by atoms with Crippen LogP contribution < -0.4 is 19.7 Å². The molecule has 7 nitrogen and oxygen atoms in total. The van der Waals surface area contributed by atoms with Crippen molar-refractivity contribution >= 4 is 11.6 Å². The monoisotopic (exact) mass is 338 g/mol. The van der Waals surface area contributed by atoms with Gasteiger partial charge in [-0.3, -0.25) is 4.79 Å². The molecule has 24 heavy (non-hydrogen) atoms. The maximum Gasteiger partial charge on any atom is 0.228 e. The van der Waals surface area contributed by atoms with Crippen LogP contribution in [0.3, 0.4) is 0 Å². The Morgan fingerprint density at radius 2 is 2.08 bits per heavy atom. The third-order valence-corrected chi connectivity index (χ3v) is 3.92. The number of hydrogen-bond donors (Lipinski definition) is 1. The van der Waals surface area contributed by atoms with Crippen LogP contribution in [-0.4, -0.2) is 66.2 Å². The minimum atomic E-state index is 0.0160. The second-order valence-electron chi connectivity index (χ2n) is 5.51. The summed E-state index contributed by atoms with van der Waals surface area (Å²) in [4.78, 5) is 14.5. The van der Waals surface area contributed by atoms with Crippen molar-refractivity contribution < 1.29 is 23.7 Å².